The van der Waals surface area contributed by atoms with Gasteiger partial charge in [0.15, 0.2) is 0 Å². The van der Waals surface area contributed by atoms with E-state index in [9.17, 15) is 14.9 Å². The van der Waals surface area contributed by atoms with Crippen molar-refractivity contribution in [2.75, 3.05) is 5.32 Å². The van der Waals surface area contributed by atoms with Crippen molar-refractivity contribution >= 4 is 17.3 Å². The summed E-state index contributed by atoms with van der Waals surface area (Å²) < 4.78 is 0. The lowest BCUT2D eigenvalue weighted by Crippen LogP contribution is -2.60. The summed E-state index contributed by atoms with van der Waals surface area (Å²) in [7, 11) is 0. The fraction of sp³-hybridized carbons (Fsp3) is 0.632. The Morgan fingerprint density at radius 1 is 1.15 bits per heavy atom. The molecule has 7 heteroatoms. The molecule has 1 saturated heterocycles. The normalized spacial score (nSPS) is 21.8. The van der Waals surface area contributed by atoms with Crippen LogP contribution in [0.5, 0.6) is 0 Å². The smallest absolute Gasteiger partial charge is 0.293 e. The Hall–Kier alpha value is -2.15. The van der Waals surface area contributed by atoms with E-state index in [0.717, 1.165) is 25.7 Å². The predicted molar refractivity (Wildman–Crippen MR) is 102 cm³/mol. The molecule has 7 nitrogen and oxygen atoms in total. The largest absolute Gasteiger partial charge is 0.377 e. The second-order valence-electron chi connectivity index (χ2n) is 8.88. The third-order valence-electron chi connectivity index (χ3n) is 4.92. The van der Waals surface area contributed by atoms with Gasteiger partial charge in [0.05, 0.1) is 4.92 Å². The monoisotopic (exact) mass is 360 g/mol. The summed E-state index contributed by atoms with van der Waals surface area (Å²) in [4.78, 5) is 23.3. The number of hydrogen-bond donors (Lipinski definition) is 3. The van der Waals surface area contributed by atoms with Crippen molar-refractivity contribution in [2.24, 2.45) is 0 Å². The van der Waals surface area contributed by atoms with Gasteiger partial charge < -0.3 is 16.0 Å². The first-order valence-corrected chi connectivity index (χ1v) is 9.20. The van der Waals surface area contributed by atoms with Crippen LogP contribution in [-0.4, -0.2) is 34.0 Å². The van der Waals surface area contributed by atoms with Gasteiger partial charge in [-0.1, -0.05) is 0 Å². The lowest BCUT2D eigenvalue weighted by atomic mass is 9.79. The van der Waals surface area contributed by atoms with Crippen LogP contribution >= 0.6 is 0 Å². The molecule has 142 valence electrons. The number of amides is 1. The van der Waals surface area contributed by atoms with Gasteiger partial charge in [0, 0.05) is 34.8 Å². The summed E-state index contributed by atoms with van der Waals surface area (Å²) in [6, 6.07) is 5.02. The number of rotatable bonds is 5. The molecule has 0 bridgehead atoms. The summed E-state index contributed by atoms with van der Waals surface area (Å²) in [5, 5.41) is 21.4. The van der Waals surface area contributed by atoms with Gasteiger partial charge in [-0.3, -0.25) is 14.9 Å². The van der Waals surface area contributed by atoms with Gasteiger partial charge in [-0.15, -0.1) is 0 Å². The minimum absolute atomic E-state index is 0.0532. The van der Waals surface area contributed by atoms with Crippen LogP contribution in [0, 0.1) is 10.1 Å². The number of benzene rings is 1. The average Bonchev–Trinajstić information content (AvgIpc) is 3.27. The summed E-state index contributed by atoms with van der Waals surface area (Å²) in [5.74, 6) is -0.244. The highest BCUT2D eigenvalue weighted by Gasteiger charge is 2.38. The average molecular weight is 360 g/mol. The molecule has 1 amide bonds. The molecule has 1 heterocycles. The molecule has 1 saturated carbocycles. The maximum atomic E-state index is 12.2. The minimum atomic E-state index is -0.423. The van der Waals surface area contributed by atoms with E-state index in [1.807, 2.05) is 0 Å². The van der Waals surface area contributed by atoms with Gasteiger partial charge in [-0.05, 0) is 65.5 Å². The number of hydrogen-bond acceptors (Lipinski definition) is 5. The Balaban J connectivity index is 1.80. The first kappa shape index (κ1) is 18.6. The zero-order valence-electron chi connectivity index (χ0n) is 15.9. The molecule has 1 aromatic carbocycles. The van der Waals surface area contributed by atoms with Crippen molar-refractivity contribution in [3.05, 3.63) is 33.9 Å². The fourth-order valence-electron chi connectivity index (χ4n) is 4.09. The van der Waals surface area contributed by atoms with Gasteiger partial charge in [0.1, 0.15) is 5.69 Å². The molecule has 1 aromatic rings. The van der Waals surface area contributed by atoms with E-state index >= 15 is 0 Å². The number of nitro benzene ring substituents is 1. The minimum Gasteiger partial charge on any atom is -0.377 e. The molecular weight excluding hydrogens is 332 g/mol. The summed E-state index contributed by atoms with van der Waals surface area (Å²) >= 11 is 0. The maximum absolute atomic E-state index is 12.2. The number of carbonyl (C=O) groups is 1. The molecule has 1 aliphatic heterocycles. The Morgan fingerprint density at radius 2 is 1.77 bits per heavy atom. The van der Waals surface area contributed by atoms with E-state index in [0.29, 0.717) is 11.3 Å². The third-order valence-corrected chi connectivity index (χ3v) is 4.92. The zero-order chi connectivity index (χ0) is 19.1. The lowest BCUT2D eigenvalue weighted by molar-refractivity contribution is -0.384. The Labute approximate surface area is 154 Å². The number of nitrogens with zero attached hydrogens (tertiary/aromatic N) is 1. The number of carbonyl (C=O) groups excluding carboxylic acids is 1. The van der Waals surface area contributed by atoms with E-state index in [-0.39, 0.29) is 34.8 Å². The molecular formula is C19H28N4O3. The topological polar surface area (TPSA) is 96.3 Å². The molecule has 26 heavy (non-hydrogen) atoms. The summed E-state index contributed by atoms with van der Waals surface area (Å²) in [6.07, 6.45) is 3.68. The number of piperidine rings is 1. The van der Waals surface area contributed by atoms with Crippen molar-refractivity contribution in [3.8, 4) is 0 Å². The van der Waals surface area contributed by atoms with E-state index < -0.39 is 4.92 Å². The second-order valence-corrected chi connectivity index (χ2v) is 8.88. The molecule has 3 N–H and O–H groups in total. The Kier molecular flexibility index (Phi) is 4.69. The predicted octanol–water partition coefficient (Wildman–Crippen LogP) is 3.21. The second kappa shape index (κ2) is 6.54. The Morgan fingerprint density at radius 3 is 2.31 bits per heavy atom. The van der Waals surface area contributed by atoms with E-state index in [4.69, 9.17) is 0 Å². The first-order chi connectivity index (χ1) is 12.0. The zero-order valence-corrected chi connectivity index (χ0v) is 15.9. The van der Waals surface area contributed by atoms with Crippen LogP contribution in [-0.2, 0) is 0 Å². The van der Waals surface area contributed by atoms with Gasteiger partial charge >= 0.3 is 0 Å². The van der Waals surface area contributed by atoms with Crippen molar-refractivity contribution in [2.45, 2.75) is 76.5 Å². The molecule has 3 rings (SSSR count). The summed E-state index contributed by atoms with van der Waals surface area (Å²) in [6.45, 7) is 8.56. The van der Waals surface area contributed by atoms with Crippen LogP contribution in [0.25, 0.3) is 0 Å². The first-order valence-electron chi connectivity index (χ1n) is 9.20. The highest BCUT2D eigenvalue weighted by atomic mass is 16.6. The molecule has 0 radical (unpaired) electrons. The highest BCUT2D eigenvalue weighted by Crippen LogP contribution is 2.33. The molecule has 0 atom stereocenters. The van der Waals surface area contributed by atoms with Crippen LogP contribution < -0.4 is 16.0 Å². The number of nitro groups is 1. The van der Waals surface area contributed by atoms with Crippen molar-refractivity contribution in [1.82, 2.24) is 10.6 Å². The quantitative estimate of drug-likeness (QED) is 0.553. The van der Waals surface area contributed by atoms with Gasteiger partial charge in [0.2, 0.25) is 0 Å². The third kappa shape index (κ3) is 4.52. The molecule has 1 aliphatic carbocycles. The number of anilines is 1. The van der Waals surface area contributed by atoms with E-state index in [2.05, 4.69) is 43.6 Å². The molecule has 2 fully saturated rings. The van der Waals surface area contributed by atoms with Crippen LogP contribution in [0.2, 0.25) is 0 Å². The standard InChI is InChI=1S/C19H28N4O3/c1-18(2)10-14(11-19(3,4)22-18)20-15-8-5-12(9-16(15)23(25)26)17(24)21-13-6-7-13/h5,8-9,13-14,20,22H,6-7,10-11H2,1-4H3,(H,21,24). The van der Waals surface area contributed by atoms with Crippen molar-refractivity contribution < 1.29 is 9.72 Å². The molecule has 2 aliphatic rings. The van der Waals surface area contributed by atoms with E-state index in [1.165, 1.54) is 6.07 Å². The number of nitrogens with one attached hydrogen (secondary N) is 3. The molecule has 0 aromatic heterocycles. The highest BCUT2D eigenvalue weighted by molar-refractivity contribution is 5.96. The maximum Gasteiger partial charge on any atom is 0.293 e. The van der Waals surface area contributed by atoms with Crippen LogP contribution in [0.1, 0.15) is 63.7 Å². The van der Waals surface area contributed by atoms with Crippen LogP contribution in [0.3, 0.4) is 0 Å². The van der Waals surface area contributed by atoms with E-state index in [1.54, 1.807) is 12.1 Å². The SMILES string of the molecule is CC1(C)CC(Nc2ccc(C(=O)NC3CC3)cc2[N+](=O)[O-])CC(C)(C)N1. The van der Waals surface area contributed by atoms with Crippen molar-refractivity contribution in [1.29, 1.82) is 0 Å². The fourth-order valence-corrected chi connectivity index (χ4v) is 4.09. The van der Waals surface area contributed by atoms with Gasteiger partial charge in [0.25, 0.3) is 11.6 Å². The van der Waals surface area contributed by atoms with Gasteiger partial charge in [-0.25, -0.2) is 0 Å². The van der Waals surface area contributed by atoms with Crippen LogP contribution in [0.15, 0.2) is 18.2 Å². The lowest BCUT2D eigenvalue weighted by Gasteiger charge is -2.46. The Bertz CT molecular complexity index is 709. The van der Waals surface area contributed by atoms with Crippen LogP contribution in [0.4, 0.5) is 11.4 Å². The van der Waals surface area contributed by atoms with Gasteiger partial charge in [-0.2, -0.15) is 0 Å². The van der Waals surface area contributed by atoms with Crippen molar-refractivity contribution in [3.63, 3.8) is 0 Å². The molecule has 0 spiro atoms. The summed E-state index contributed by atoms with van der Waals surface area (Å²) in [5.41, 5.74) is 0.635. The molecule has 0 unspecified atom stereocenters.